The fourth-order valence-electron chi connectivity index (χ4n) is 5.86. The fraction of sp³-hybridized carbons (Fsp3) is 0.333. The largest absolute Gasteiger partial charge is 0.465 e. The Morgan fingerprint density at radius 2 is 1.93 bits per heavy atom. The molecule has 4 aromatic rings. The molecule has 2 fully saturated rings. The molecule has 0 spiro atoms. The van der Waals surface area contributed by atoms with Crippen molar-refractivity contribution in [2.24, 2.45) is 17.8 Å². The van der Waals surface area contributed by atoms with E-state index >= 15 is 0 Å². The topological polar surface area (TPSA) is 127 Å². The third-order valence-electron chi connectivity index (χ3n) is 7.90. The summed E-state index contributed by atoms with van der Waals surface area (Å²) in [4.78, 5) is 60.9. The number of hydrogen-bond donors (Lipinski definition) is 1. The molecular weight excluding hydrogens is 552 g/mol. The first-order valence-electron chi connectivity index (χ1n) is 12.9. The van der Waals surface area contributed by atoms with Gasteiger partial charge in [-0.3, -0.25) is 19.1 Å². The minimum atomic E-state index is -0.454. The Balaban J connectivity index is 1.00. The lowest BCUT2D eigenvalue weighted by molar-refractivity contribution is -0.118. The van der Waals surface area contributed by atoms with E-state index in [-0.39, 0.29) is 35.5 Å². The van der Waals surface area contributed by atoms with Crippen molar-refractivity contribution in [2.75, 3.05) is 32.1 Å². The van der Waals surface area contributed by atoms with E-state index < -0.39 is 5.97 Å². The summed E-state index contributed by atoms with van der Waals surface area (Å²) in [5.74, 6) is -1.09. The first-order chi connectivity index (χ1) is 19.4. The van der Waals surface area contributed by atoms with Gasteiger partial charge < -0.3 is 19.9 Å². The van der Waals surface area contributed by atoms with Crippen LogP contribution >= 0.6 is 22.7 Å². The Hall–Kier alpha value is -4.10. The van der Waals surface area contributed by atoms with Gasteiger partial charge in [-0.15, -0.1) is 11.3 Å². The molecule has 1 N–H and O–H groups in total. The number of piperidine rings is 1. The van der Waals surface area contributed by atoms with Gasteiger partial charge >= 0.3 is 5.97 Å². The lowest BCUT2D eigenvalue weighted by Crippen LogP contribution is -2.41. The molecule has 3 aromatic heterocycles. The van der Waals surface area contributed by atoms with Crippen LogP contribution in [0.15, 0.2) is 41.9 Å². The van der Waals surface area contributed by atoms with Crippen LogP contribution in [0.5, 0.6) is 0 Å². The summed E-state index contributed by atoms with van der Waals surface area (Å²) >= 11 is 2.83. The molecule has 204 valence electrons. The smallest absolute Gasteiger partial charge is 0.339 e. The number of methoxy groups -OCH3 is 1. The normalized spacial score (nSPS) is 21.3. The number of thiazole rings is 1. The molecule has 0 radical (unpaired) electrons. The van der Waals surface area contributed by atoms with Gasteiger partial charge in [-0.05, 0) is 35.4 Å². The number of carbonyl (C=O) groups excluding carboxylic acids is 4. The highest BCUT2D eigenvalue weighted by atomic mass is 32.1. The molecule has 2 aliphatic heterocycles. The monoisotopic (exact) mass is 576 g/mol. The van der Waals surface area contributed by atoms with E-state index in [1.165, 1.54) is 24.6 Å². The Morgan fingerprint density at radius 1 is 1.10 bits per heavy atom. The summed E-state index contributed by atoms with van der Waals surface area (Å²) < 4.78 is 7.13. The number of ether oxygens (including phenoxy) is 1. The number of nitrogens with one attached hydrogen (secondary N) is 1. The number of hydrogen-bond acceptors (Lipinski definition) is 9. The van der Waals surface area contributed by atoms with Gasteiger partial charge in [-0.25, -0.2) is 9.78 Å². The maximum Gasteiger partial charge on any atom is 0.339 e. The van der Waals surface area contributed by atoms with Crippen molar-refractivity contribution < 1.29 is 23.9 Å². The molecule has 3 amide bonds. The van der Waals surface area contributed by atoms with Gasteiger partial charge in [0, 0.05) is 30.4 Å². The number of carbonyl (C=O) groups is 4. The highest BCUT2D eigenvalue weighted by Crippen LogP contribution is 2.52. The zero-order valence-electron chi connectivity index (χ0n) is 21.4. The quantitative estimate of drug-likeness (QED) is 0.350. The Bertz CT molecular complexity index is 1670. The molecular formula is C27H24N6O5S2. The van der Waals surface area contributed by atoms with Crippen LogP contribution in [0.3, 0.4) is 0 Å². The molecule has 3 aliphatic rings. The standard InChI is InChI=1S/C27H24N6O5S2/c1-38-26(37)15-5-2-6-19-22(15)40-27(29-19)30-23(34)20-17-12-32(13-18(17)20)24(35)16-10-28-33-8-7-31(25(36)21(16)33)11-14-4-3-9-39-14/h2-6,9-10,17-18,20H,7-8,11-13H2,1H3,(H,29,30,34)/t17-,18-/m0/s1. The number of fused-ring (bicyclic) bond motifs is 3. The number of likely N-dealkylation sites (tertiary alicyclic amines) is 1. The van der Waals surface area contributed by atoms with E-state index in [2.05, 4.69) is 15.4 Å². The van der Waals surface area contributed by atoms with Gasteiger partial charge in [-0.1, -0.05) is 23.5 Å². The molecule has 2 atom stereocenters. The summed E-state index contributed by atoms with van der Waals surface area (Å²) in [5, 5.41) is 9.62. The highest BCUT2D eigenvalue weighted by molar-refractivity contribution is 7.22. The molecule has 11 nitrogen and oxygen atoms in total. The molecule has 7 rings (SSSR count). The number of amides is 3. The summed E-state index contributed by atoms with van der Waals surface area (Å²) in [6.07, 6.45) is 1.49. The molecule has 1 aromatic carbocycles. The van der Waals surface area contributed by atoms with Gasteiger partial charge in [-0.2, -0.15) is 5.10 Å². The molecule has 0 unspecified atom stereocenters. The molecule has 1 aliphatic carbocycles. The Morgan fingerprint density at radius 3 is 2.67 bits per heavy atom. The summed E-state index contributed by atoms with van der Waals surface area (Å²) in [7, 11) is 1.32. The molecule has 40 heavy (non-hydrogen) atoms. The second kappa shape index (κ2) is 9.52. The van der Waals surface area contributed by atoms with Crippen LogP contribution in [0.2, 0.25) is 0 Å². The van der Waals surface area contributed by atoms with Gasteiger partial charge in [0.15, 0.2) is 5.13 Å². The first-order valence-corrected chi connectivity index (χ1v) is 14.6. The number of thiophene rings is 1. The zero-order chi connectivity index (χ0) is 27.5. The number of esters is 1. The van der Waals surface area contributed by atoms with Crippen LogP contribution in [0.25, 0.3) is 10.2 Å². The number of aromatic nitrogens is 3. The second-order valence-corrected chi connectivity index (χ2v) is 12.2. The Kier molecular flexibility index (Phi) is 5.93. The third-order valence-corrected chi connectivity index (χ3v) is 9.78. The van der Waals surface area contributed by atoms with Gasteiger partial charge in [0.2, 0.25) is 5.91 Å². The highest BCUT2D eigenvalue weighted by Gasteiger charge is 2.60. The van der Waals surface area contributed by atoms with Crippen LogP contribution in [0, 0.1) is 17.8 Å². The van der Waals surface area contributed by atoms with Crippen LogP contribution < -0.4 is 5.32 Å². The number of rotatable bonds is 6. The minimum absolute atomic E-state index is 0.0568. The van der Waals surface area contributed by atoms with Crippen molar-refractivity contribution in [3.8, 4) is 0 Å². The van der Waals surface area contributed by atoms with Crippen molar-refractivity contribution in [2.45, 2.75) is 13.1 Å². The zero-order valence-corrected chi connectivity index (χ0v) is 23.0. The van der Waals surface area contributed by atoms with Gasteiger partial charge in [0.05, 0.1) is 47.7 Å². The predicted octanol–water partition coefficient (Wildman–Crippen LogP) is 2.95. The molecule has 1 saturated carbocycles. The van der Waals surface area contributed by atoms with E-state index in [1.807, 2.05) is 17.5 Å². The fourth-order valence-corrected chi connectivity index (χ4v) is 7.55. The average Bonchev–Trinajstić information content (AvgIpc) is 3.55. The molecule has 13 heteroatoms. The minimum Gasteiger partial charge on any atom is -0.465 e. The number of anilines is 1. The van der Waals surface area contributed by atoms with E-state index in [9.17, 15) is 19.2 Å². The van der Waals surface area contributed by atoms with Crippen molar-refractivity contribution in [3.05, 3.63) is 63.6 Å². The maximum atomic E-state index is 13.5. The lowest BCUT2D eigenvalue weighted by atomic mass is 10.1. The van der Waals surface area contributed by atoms with Gasteiger partial charge in [0.25, 0.3) is 11.8 Å². The SMILES string of the molecule is COC(=O)c1cccc2nc(NC(=O)C3[C@H]4CN(C(=O)c5cnn6c5C(=O)N(Cc5cccs5)CC6)C[C@H]34)sc12. The summed E-state index contributed by atoms with van der Waals surface area (Å²) in [5.41, 5.74) is 1.68. The third kappa shape index (κ3) is 4.07. The summed E-state index contributed by atoms with van der Waals surface area (Å²) in [6, 6.07) is 9.13. The van der Waals surface area contributed by atoms with Crippen LogP contribution in [0.1, 0.15) is 36.1 Å². The Labute approximate surface area is 236 Å². The lowest BCUT2D eigenvalue weighted by Gasteiger charge is -2.28. The van der Waals surface area contributed by atoms with E-state index in [0.29, 0.717) is 64.9 Å². The van der Waals surface area contributed by atoms with Crippen LogP contribution in [0.4, 0.5) is 5.13 Å². The van der Waals surface area contributed by atoms with E-state index in [0.717, 1.165) is 4.88 Å². The van der Waals surface area contributed by atoms with Crippen molar-refractivity contribution in [1.29, 1.82) is 0 Å². The maximum absolute atomic E-state index is 13.5. The van der Waals surface area contributed by atoms with Crippen LogP contribution in [-0.2, 0) is 22.6 Å². The number of nitrogens with zero attached hydrogens (tertiary/aromatic N) is 5. The number of benzene rings is 1. The van der Waals surface area contributed by atoms with Crippen molar-refractivity contribution >= 4 is 61.7 Å². The molecule has 0 bridgehead atoms. The molecule has 5 heterocycles. The van der Waals surface area contributed by atoms with Gasteiger partial charge in [0.1, 0.15) is 5.69 Å². The average molecular weight is 577 g/mol. The van der Waals surface area contributed by atoms with E-state index in [1.54, 1.807) is 44.0 Å². The van der Waals surface area contributed by atoms with Crippen LogP contribution in [-0.4, -0.2) is 75.0 Å². The predicted molar refractivity (Wildman–Crippen MR) is 147 cm³/mol. The van der Waals surface area contributed by atoms with Crippen molar-refractivity contribution in [1.82, 2.24) is 24.6 Å². The second-order valence-electron chi connectivity index (χ2n) is 10.2. The van der Waals surface area contributed by atoms with E-state index in [4.69, 9.17) is 4.74 Å². The first kappa shape index (κ1) is 24.9. The molecule has 1 saturated heterocycles. The van der Waals surface area contributed by atoms with Crippen molar-refractivity contribution in [3.63, 3.8) is 0 Å². The summed E-state index contributed by atoms with van der Waals surface area (Å²) in [6.45, 7) is 2.50.